The summed E-state index contributed by atoms with van der Waals surface area (Å²) in [5.74, 6) is 0.696. The van der Waals surface area contributed by atoms with Gasteiger partial charge in [0.25, 0.3) is 0 Å². The largest absolute Gasteiger partial charge is 0.462 e. The van der Waals surface area contributed by atoms with Crippen molar-refractivity contribution in [2.75, 3.05) is 5.73 Å². The standard InChI is InChI=1S/C25H24FN5O3/c1-15(32)33-21-7-3-5-18(13-21)31-25-22(24(27)28-14-29-25)23(30-31)16-8-10-19(11-9-16)34-20-6-2-4-17(26)12-20/h2,4,6,8-12,14,18,21H,3,5,7,13H2,1H3,(H2,27,28,29)/t18-,21-/m1/s1. The molecule has 2 atom stereocenters. The van der Waals surface area contributed by atoms with Crippen LogP contribution in [-0.2, 0) is 9.53 Å². The number of aromatic nitrogens is 4. The first-order chi connectivity index (χ1) is 16.5. The predicted octanol–water partition coefficient (Wildman–Crippen LogP) is 5.05. The Hall–Kier alpha value is -4.01. The molecule has 2 heterocycles. The van der Waals surface area contributed by atoms with Crippen LogP contribution in [0.3, 0.4) is 0 Å². The summed E-state index contributed by atoms with van der Waals surface area (Å²) >= 11 is 0. The van der Waals surface area contributed by atoms with Gasteiger partial charge in [-0.1, -0.05) is 6.07 Å². The summed E-state index contributed by atoms with van der Waals surface area (Å²) in [6.07, 6.45) is 4.62. The topological polar surface area (TPSA) is 105 Å². The molecule has 0 bridgehead atoms. The Balaban J connectivity index is 1.47. The van der Waals surface area contributed by atoms with Crippen molar-refractivity contribution >= 4 is 22.8 Å². The molecule has 0 aliphatic heterocycles. The fraction of sp³-hybridized carbons (Fsp3) is 0.280. The van der Waals surface area contributed by atoms with Gasteiger partial charge in [-0.2, -0.15) is 5.10 Å². The van der Waals surface area contributed by atoms with Gasteiger partial charge in [0, 0.05) is 25.0 Å². The molecule has 4 aromatic rings. The lowest BCUT2D eigenvalue weighted by molar-refractivity contribution is -0.148. The number of esters is 1. The molecule has 0 amide bonds. The summed E-state index contributed by atoms with van der Waals surface area (Å²) in [6.45, 7) is 1.43. The predicted molar refractivity (Wildman–Crippen MR) is 125 cm³/mol. The lowest BCUT2D eigenvalue weighted by atomic mass is 9.93. The monoisotopic (exact) mass is 461 g/mol. The highest BCUT2D eigenvalue weighted by molar-refractivity contribution is 5.98. The number of hydrogen-bond acceptors (Lipinski definition) is 7. The minimum Gasteiger partial charge on any atom is -0.462 e. The van der Waals surface area contributed by atoms with Gasteiger partial charge in [0.2, 0.25) is 0 Å². The molecular weight excluding hydrogens is 437 g/mol. The minimum atomic E-state index is -0.361. The van der Waals surface area contributed by atoms with E-state index in [-0.39, 0.29) is 23.9 Å². The molecule has 1 fully saturated rings. The van der Waals surface area contributed by atoms with E-state index in [4.69, 9.17) is 20.3 Å². The molecule has 1 saturated carbocycles. The van der Waals surface area contributed by atoms with Crippen LogP contribution in [0.15, 0.2) is 54.9 Å². The Bertz CT molecular complexity index is 1340. The van der Waals surface area contributed by atoms with Crippen LogP contribution >= 0.6 is 0 Å². The Morgan fingerprint density at radius 3 is 2.71 bits per heavy atom. The first-order valence-electron chi connectivity index (χ1n) is 11.2. The summed E-state index contributed by atoms with van der Waals surface area (Å²) < 4.78 is 26.5. The molecule has 0 radical (unpaired) electrons. The number of ether oxygens (including phenoxy) is 2. The van der Waals surface area contributed by atoms with Crippen LogP contribution in [-0.4, -0.2) is 31.8 Å². The maximum absolute atomic E-state index is 13.4. The number of fused-ring (bicyclic) bond motifs is 1. The van der Waals surface area contributed by atoms with E-state index in [1.165, 1.54) is 25.4 Å². The molecular formula is C25H24FN5O3. The molecule has 2 aromatic carbocycles. The van der Waals surface area contributed by atoms with Crippen LogP contribution in [0.1, 0.15) is 38.6 Å². The molecule has 0 saturated heterocycles. The van der Waals surface area contributed by atoms with Crippen molar-refractivity contribution in [2.24, 2.45) is 0 Å². The summed E-state index contributed by atoms with van der Waals surface area (Å²) in [5.41, 5.74) is 8.38. The average molecular weight is 461 g/mol. The van der Waals surface area contributed by atoms with Crippen molar-refractivity contribution in [2.45, 2.75) is 44.8 Å². The van der Waals surface area contributed by atoms with E-state index in [0.717, 1.165) is 24.8 Å². The molecule has 1 aliphatic rings. The van der Waals surface area contributed by atoms with Crippen molar-refractivity contribution in [3.05, 3.63) is 60.7 Å². The molecule has 0 spiro atoms. The number of nitrogen functional groups attached to an aromatic ring is 1. The van der Waals surface area contributed by atoms with E-state index in [1.54, 1.807) is 24.3 Å². The van der Waals surface area contributed by atoms with Gasteiger partial charge in [0.15, 0.2) is 5.65 Å². The smallest absolute Gasteiger partial charge is 0.302 e. The fourth-order valence-electron chi connectivity index (χ4n) is 4.48. The van der Waals surface area contributed by atoms with Crippen LogP contribution < -0.4 is 10.5 Å². The molecule has 5 rings (SSSR count). The van der Waals surface area contributed by atoms with Crippen LogP contribution in [0.25, 0.3) is 22.3 Å². The molecule has 1 aliphatic carbocycles. The molecule has 2 aromatic heterocycles. The van der Waals surface area contributed by atoms with Crippen molar-refractivity contribution in [1.82, 2.24) is 19.7 Å². The van der Waals surface area contributed by atoms with Crippen LogP contribution in [0, 0.1) is 5.82 Å². The van der Waals surface area contributed by atoms with Gasteiger partial charge in [-0.05, 0) is 55.7 Å². The van der Waals surface area contributed by atoms with Gasteiger partial charge in [-0.15, -0.1) is 0 Å². The third-order valence-electron chi connectivity index (χ3n) is 5.95. The van der Waals surface area contributed by atoms with Crippen LogP contribution in [0.5, 0.6) is 11.5 Å². The molecule has 9 heteroatoms. The summed E-state index contributed by atoms with van der Waals surface area (Å²) in [6, 6.07) is 13.3. The zero-order valence-electron chi connectivity index (χ0n) is 18.6. The molecule has 2 N–H and O–H groups in total. The van der Waals surface area contributed by atoms with E-state index >= 15 is 0 Å². The first-order valence-corrected chi connectivity index (χ1v) is 11.2. The van der Waals surface area contributed by atoms with Crippen molar-refractivity contribution in [1.29, 1.82) is 0 Å². The number of carbonyl (C=O) groups excluding carboxylic acids is 1. The number of nitrogens with two attached hydrogens (primary N) is 1. The maximum atomic E-state index is 13.4. The average Bonchev–Trinajstić information content (AvgIpc) is 3.20. The second-order valence-electron chi connectivity index (χ2n) is 8.39. The van der Waals surface area contributed by atoms with E-state index in [9.17, 15) is 9.18 Å². The highest BCUT2D eigenvalue weighted by atomic mass is 19.1. The number of halogens is 1. The quantitative estimate of drug-likeness (QED) is 0.415. The third kappa shape index (κ3) is 4.41. The van der Waals surface area contributed by atoms with E-state index in [0.29, 0.717) is 40.5 Å². The van der Waals surface area contributed by atoms with Gasteiger partial charge in [-0.25, -0.2) is 19.0 Å². The van der Waals surface area contributed by atoms with Gasteiger partial charge in [0.1, 0.15) is 41.3 Å². The fourth-order valence-corrected chi connectivity index (χ4v) is 4.48. The lowest BCUT2D eigenvalue weighted by Gasteiger charge is -2.28. The van der Waals surface area contributed by atoms with Crippen molar-refractivity contribution in [3.8, 4) is 22.8 Å². The molecule has 0 unspecified atom stereocenters. The van der Waals surface area contributed by atoms with E-state index in [1.807, 2.05) is 16.8 Å². The molecule has 174 valence electrons. The second kappa shape index (κ2) is 9.09. The Kier molecular flexibility index (Phi) is 5.83. The highest BCUT2D eigenvalue weighted by Crippen LogP contribution is 2.37. The number of anilines is 1. The maximum Gasteiger partial charge on any atom is 0.302 e. The summed E-state index contributed by atoms with van der Waals surface area (Å²) in [5, 5.41) is 5.56. The Labute approximate surface area is 195 Å². The van der Waals surface area contributed by atoms with Crippen molar-refractivity contribution in [3.63, 3.8) is 0 Å². The normalized spacial score (nSPS) is 18.1. The SMILES string of the molecule is CC(=O)O[C@@H]1CCC[C@@H](n2nc(-c3ccc(Oc4cccc(F)c4)cc3)c3c(N)ncnc32)C1. The Morgan fingerprint density at radius 1 is 1.12 bits per heavy atom. The number of carbonyl (C=O) groups is 1. The van der Waals surface area contributed by atoms with Crippen LogP contribution in [0.2, 0.25) is 0 Å². The number of benzene rings is 2. The van der Waals surface area contributed by atoms with Gasteiger partial charge < -0.3 is 15.2 Å². The zero-order chi connectivity index (χ0) is 23.7. The molecule has 8 nitrogen and oxygen atoms in total. The minimum absolute atomic E-state index is 0.0271. The Morgan fingerprint density at radius 2 is 1.94 bits per heavy atom. The summed E-state index contributed by atoms with van der Waals surface area (Å²) in [7, 11) is 0. The lowest BCUT2D eigenvalue weighted by Crippen LogP contribution is -2.27. The first kappa shape index (κ1) is 21.8. The summed E-state index contributed by atoms with van der Waals surface area (Å²) in [4.78, 5) is 20.1. The van der Waals surface area contributed by atoms with Gasteiger partial charge in [0.05, 0.1) is 11.4 Å². The van der Waals surface area contributed by atoms with Gasteiger partial charge >= 0.3 is 5.97 Å². The van der Waals surface area contributed by atoms with Crippen molar-refractivity contribution < 1.29 is 18.7 Å². The second-order valence-corrected chi connectivity index (χ2v) is 8.39. The number of hydrogen-bond donors (Lipinski definition) is 1. The third-order valence-corrected chi connectivity index (χ3v) is 5.95. The van der Waals surface area contributed by atoms with E-state index < -0.39 is 0 Å². The number of nitrogens with zero attached hydrogens (tertiary/aromatic N) is 4. The van der Waals surface area contributed by atoms with E-state index in [2.05, 4.69) is 9.97 Å². The number of rotatable bonds is 5. The van der Waals surface area contributed by atoms with Crippen LogP contribution in [0.4, 0.5) is 10.2 Å². The highest BCUT2D eigenvalue weighted by Gasteiger charge is 2.29. The molecule has 34 heavy (non-hydrogen) atoms. The van der Waals surface area contributed by atoms with Gasteiger partial charge in [-0.3, -0.25) is 4.79 Å². The zero-order valence-corrected chi connectivity index (χ0v) is 18.6.